The van der Waals surface area contributed by atoms with Crippen molar-refractivity contribution in [1.82, 2.24) is 30.4 Å². The van der Waals surface area contributed by atoms with Gasteiger partial charge in [-0.3, -0.25) is 14.4 Å². The van der Waals surface area contributed by atoms with Crippen LogP contribution < -0.4 is 16.0 Å². The topological polar surface area (TPSA) is 153 Å². The number of carbonyl (C=O) groups is 3. The van der Waals surface area contributed by atoms with E-state index in [1.54, 1.807) is 36.5 Å². The normalized spacial score (nSPS) is 18.7. The van der Waals surface area contributed by atoms with E-state index >= 15 is 0 Å². The number of anilines is 1. The maximum Gasteiger partial charge on any atom is 0.306 e. The van der Waals surface area contributed by atoms with Gasteiger partial charge in [0.25, 0.3) is 17.7 Å². The number of fused-ring (bicyclic) bond motifs is 2. The average Bonchev–Trinajstić information content (AvgIpc) is 3.82. The van der Waals surface area contributed by atoms with Crippen molar-refractivity contribution in [2.45, 2.75) is 50.0 Å². The fraction of sp³-hybridized carbons (Fsp3) is 0.333. The van der Waals surface area contributed by atoms with Crippen molar-refractivity contribution in [1.29, 1.82) is 0 Å². The molecule has 1 aliphatic carbocycles. The smallest absolute Gasteiger partial charge is 0.306 e. The number of nitrogens with zero attached hydrogens (tertiary/aromatic N) is 4. The summed E-state index contributed by atoms with van der Waals surface area (Å²) in [4.78, 5) is 48.0. The molecule has 12 heteroatoms. The fourth-order valence-electron chi connectivity index (χ4n) is 6.32. The third-order valence-electron chi connectivity index (χ3n) is 8.71. The van der Waals surface area contributed by atoms with Gasteiger partial charge in [-0.2, -0.15) is 5.10 Å². The molecule has 0 bridgehead atoms. The van der Waals surface area contributed by atoms with Gasteiger partial charge in [-0.1, -0.05) is 31.4 Å². The van der Waals surface area contributed by atoms with Gasteiger partial charge < -0.3 is 25.1 Å². The van der Waals surface area contributed by atoms with E-state index in [-0.39, 0.29) is 12.5 Å². The second-order valence-electron chi connectivity index (χ2n) is 11.6. The van der Waals surface area contributed by atoms with E-state index in [0.717, 1.165) is 29.7 Å². The van der Waals surface area contributed by atoms with Crippen LogP contribution in [0.3, 0.4) is 0 Å². The summed E-state index contributed by atoms with van der Waals surface area (Å²) in [5.74, 6) is -0.230. The molecule has 7 rings (SSSR count). The van der Waals surface area contributed by atoms with Crippen molar-refractivity contribution in [3.8, 4) is 5.82 Å². The van der Waals surface area contributed by atoms with Crippen LogP contribution in [0, 0.1) is 0 Å². The summed E-state index contributed by atoms with van der Waals surface area (Å²) in [5.41, 5.74) is 2.21. The predicted octanol–water partition coefficient (Wildman–Crippen LogP) is 4.50. The molecular formula is C33H33N7O5. The van der Waals surface area contributed by atoms with Crippen LogP contribution in [0.2, 0.25) is 0 Å². The summed E-state index contributed by atoms with van der Waals surface area (Å²) in [5, 5.41) is 14.2. The van der Waals surface area contributed by atoms with Crippen molar-refractivity contribution in [2.75, 3.05) is 25.6 Å². The van der Waals surface area contributed by atoms with Crippen LogP contribution in [0.4, 0.5) is 5.69 Å². The molecule has 1 atom stereocenters. The lowest BCUT2D eigenvalue weighted by Crippen LogP contribution is -2.57. The van der Waals surface area contributed by atoms with Crippen molar-refractivity contribution >= 4 is 45.4 Å². The zero-order chi connectivity index (χ0) is 31.0. The summed E-state index contributed by atoms with van der Waals surface area (Å²) in [6, 6.07) is 16.2. The Morgan fingerprint density at radius 2 is 1.84 bits per heavy atom. The molecule has 4 heterocycles. The number of rotatable bonds is 7. The fourth-order valence-corrected chi connectivity index (χ4v) is 6.32. The van der Waals surface area contributed by atoms with Crippen LogP contribution in [0.15, 0.2) is 65.2 Å². The Kier molecular flexibility index (Phi) is 7.50. The predicted molar refractivity (Wildman–Crippen MR) is 166 cm³/mol. The van der Waals surface area contributed by atoms with Crippen LogP contribution in [0.5, 0.6) is 0 Å². The van der Waals surface area contributed by atoms with Crippen LogP contribution in [-0.2, 0) is 9.53 Å². The maximum absolute atomic E-state index is 13.7. The molecule has 5 aromatic rings. The van der Waals surface area contributed by atoms with Crippen molar-refractivity contribution in [3.63, 3.8) is 0 Å². The number of nitrogens with one attached hydrogen (secondary N) is 3. The van der Waals surface area contributed by atoms with Gasteiger partial charge in [0.15, 0.2) is 11.4 Å². The molecule has 2 aliphatic rings. The second-order valence-corrected chi connectivity index (χ2v) is 11.6. The number of amides is 3. The van der Waals surface area contributed by atoms with E-state index in [2.05, 4.69) is 25.9 Å². The Morgan fingerprint density at radius 1 is 0.978 bits per heavy atom. The number of aromatic nitrogens is 4. The number of ether oxygens (including phenoxy) is 1. The molecule has 3 aromatic heterocycles. The van der Waals surface area contributed by atoms with Gasteiger partial charge in [0, 0.05) is 48.8 Å². The number of pyridine rings is 1. The Balaban J connectivity index is 1.15. The zero-order valence-corrected chi connectivity index (χ0v) is 24.8. The van der Waals surface area contributed by atoms with Gasteiger partial charge in [0.2, 0.25) is 0 Å². The quantitative estimate of drug-likeness (QED) is 0.245. The Bertz CT molecular complexity index is 1900. The largest absolute Gasteiger partial charge is 0.432 e. The molecule has 0 spiro atoms. The first-order valence-electron chi connectivity index (χ1n) is 15.2. The zero-order valence-electron chi connectivity index (χ0n) is 24.8. The molecular weight excluding hydrogens is 574 g/mol. The van der Waals surface area contributed by atoms with Crippen LogP contribution in [-0.4, -0.2) is 63.3 Å². The Hall–Kier alpha value is -5.10. The number of hydrogen-bond acceptors (Lipinski definition) is 8. The van der Waals surface area contributed by atoms with E-state index in [0.29, 0.717) is 46.8 Å². The second kappa shape index (κ2) is 11.8. The van der Waals surface area contributed by atoms with Crippen molar-refractivity contribution in [3.05, 3.63) is 77.9 Å². The SMILES string of the molecule is CNC(=O)c1nc2cc(NC(=O)[C@]3(NC(=O)c4ccc5c(C6CCCCC6)n(-c6ccccn6)nc5c4)CCOC3)ccc2o1. The lowest BCUT2D eigenvalue weighted by Gasteiger charge is -2.27. The van der Waals surface area contributed by atoms with E-state index in [9.17, 15) is 14.4 Å². The Morgan fingerprint density at radius 3 is 2.60 bits per heavy atom. The Labute approximate surface area is 258 Å². The number of carbonyl (C=O) groups excluding carboxylic acids is 3. The minimum absolute atomic E-state index is 0.0278. The van der Waals surface area contributed by atoms with Crippen LogP contribution >= 0.6 is 0 Å². The first-order chi connectivity index (χ1) is 21.9. The van der Waals surface area contributed by atoms with Crippen molar-refractivity contribution < 1.29 is 23.5 Å². The molecule has 45 heavy (non-hydrogen) atoms. The average molecular weight is 608 g/mol. The van der Waals surface area contributed by atoms with Gasteiger partial charge in [-0.25, -0.2) is 14.6 Å². The van der Waals surface area contributed by atoms with Gasteiger partial charge in [0.05, 0.1) is 17.8 Å². The van der Waals surface area contributed by atoms with Gasteiger partial charge >= 0.3 is 5.91 Å². The summed E-state index contributed by atoms with van der Waals surface area (Å²) in [6.45, 7) is 0.351. The molecule has 3 N–H and O–H groups in total. The summed E-state index contributed by atoms with van der Waals surface area (Å²) in [7, 11) is 1.49. The minimum Gasteiger partial charge on any atom is -0.432 e. The first-order valence-corrected chi connectivity index (χ1v) is 15.2. The monoisotopic (exact) mass is 607 g/mol. The number of hydrogen-bond donors (Lipinski definition) is 3. The third-order valence-corrected chi connectivity index (χ3v) is 8.71. The first kappa shape index (κ1) is 28.7. The van der Waals surface area contributed by atoms with Gasteiger partial charge in [-0.05, 0) is 55.3 Å². The highest BCUT2D eigenvalue weighted by Gasteiger charge is 2.44. The minimum atomic E-state index is -1.28. The molecule has 1 saturated heterocycles. The number of benzene rings is 2. The maximum atomic E-state index is 13.7. The molecule has 0 radical (unpaired) electrons. The van der Waals surface area contributed by atoms with E-state index < -0.39 is 23.3 Å². The standard InChI is InChI=1S/C33H33N7O5/c1-34-30(42)31-37-25-18-22(11-13-26(25)45-31)36-32(43)33(14-16-44-19-33)38-29(41)21-10-12-23-24(17-21)39-40(27-9-5-6-15-35-27)28(23)20-7-3-2-4-8-20/h5-6,9-13,15,17-18,20H,2-4,7-8,14,16,19H2,1H3,(H,34,42)(H,36,43)(H,38,41)/t33-/m0/s1. The number of oxazole rings is 1. The molecule has 3 amide bonds. The summed E-state index contributed by atoms with van der Waals surface area (Å²) >= 11 is 0. The molecule has 0 unspecified atom stereocenters. The van der Waals surface area contributed by atoms with Crippen LogP contribution in [0.1, 0.15) is 71.2 Å². The molecule has 2 aromatic carbocycles. The highest BCUT2D eigenvalue weighted by molar-refractivity contribution is 6.05. The van der Waals surface area contributed by atoms with Crippen molar-refractivity contribution in [2.24, 2.45) is 0 Å². The van der Waals surface area contributed by atoms with Crippen LogP contribution in [0.25, 0.3) is 27.8 Å². The summed E-state index contributed by atoms with van der Waals surface area (Å²) < 4.78 is 13.0. The summed E-state index contributed by atoms with van der Waals surface area (Å²) in [6.07, 6.45) is 7.83. The third kappa shape index (κ3) is 5.42. The highest BCUT2D eigenvalue weighted by Crippen LogP contribution is 2.38. The van der Waals surface area contributed by atoms with Gasteiger partial charge in [-0.15, -0.1) is 0 Å². The van der Waals surface area contributed by atoms with E-state index in [4.69, 9.17) is 14.3 Å². The molecule has 2 fully saturated rings. The van der Waals surface area contributed by atoms with E-state index in [1.807, 2.05) is 28.9 Å². The lowest BCUT2D eigenvalue weighted by molar-refractivity contribution is -0.122. The molecule has 1 aliphatic heterocycles. The molecule has 230 valence electrons. The molecule has 12 nitrogen and oxygen atoms in total. The van der Waals surface area contributed by atoms with E-state index in [1.165, 1.54) is 26.3 Å². The lowest BCUT2D eigenvalue weighted by atomic mass is 9.85. The highest BCUT2D eigenvalue weighted by atomic mass is 16.5. The van der Waals surface area contributed by atoms with Gasteiger partial charge in [0.1, 0.15) is 11.1 Å². The molecule has 1 saturated carbocycles.